The van der Waals surface area contributed by atoms with E-state index < -0.39 is 0 Å². The molecule has 2 nitrogen and oxygen atoms in total. The maximum absolute atomic E-state index is 3.87. The molecule has 2 aliphatic rings. The Bertz CT molecular complexity index is 192. The molecule has 2 fully saturated rings. The highest BCUT2D eigenvalue weighted by Crippen LogP contribution is 2.20. The molecule has 0 amide bonds. The number of thioether (sulfide) groups is 1. The molecule has 2 heterocycles. The molecule has 0 spiro atoms. The summed E-state index contributed by atoms with van der Waals surface area (Å²) >= 11 is 2.11. The normalized spacial score (nSPS) is 32.8. The zero-order valence-corrected chi connectivity index (χ0v) is 11.4. The number of rotatable bonds is 4. The number of nitrogens with zero attached hydrogens (tertiary/aromatic N) is 1. The Hall–Kier alpha value is 0.270. The molecule has 0 aromatic rings. The second-order valence-electron chi connectivity index (χ2n) is 5.20. The Morgan fingerprint density at radius 2 is 2.12 bits per heavy atom. The van der Waals surface area contributed by atoms with Crippen LogP contribution in [0.5, 0.6) is 0 Å². The van der Waals surface area contributed by atoms with E-state index in [0.717, 1.165) is 12.1 Å². The number of nitrogens with one attached hydrogen (secondary N) is 1. The lowest BCUT2D eigenvalue weighted by atomic mass is 10.1. The third-order valence-electron chi connectivity index (χ3n) is 3.76. The highest BCUT2D eigenvalue weighted by atomic mass is 32.2. The highest BCUT2D eigenvalue weighted by molar-refractivity contribution is 7.99. The average molecular weight is 242 g/mol. The SMILES string of the molecule is CCCN1CCCC(NC2CCSC2)CC1. The quantitative estimate of drug-likeness (QED) is 0.815. The van der Waals surface area contributed by atoms with Crippen LogP contribution in [0.1, 0.15) is 39.0 Å². The molecule has 2 saturated heterocycles. The third kappa shape index (κ3) is 3.94. The van der Waals surface area contributed by atoms with Gasteiger partial charge in [0.05, 0.1) is 0 Å². The topological polar surface area (TPSA) is 15.3 Å². The standard InChI is InChI=1S/C13H26N2S/c1-2-7-15-8-3-4-12(5-9-15)14-13-6-10-16-11-13/h12-14H,2-11H2,1H3. The van der Waals surface area contributed by atoms with Gasteiger partial charge < -0.3 is 10.2 Å². The van der Waals surface area contributed by atoms with Gasteiger partial charge in [-0.1, -0.05) is 6.92 Å². The molecule has 0 saturated carbocycles. The fourth-order valence-corrected chi connectivity index (χ4v) is 4.03. The summed E-state index contributed by atoms with van der Waals surface area (Å²) in [4.78, 5) is 2.64. The summed E-state index contributed by atoms with van der Waals surface area (Å²) in [6.07, 6.45) is 6.83. The van der Waals surface area contributed by atoms with Gasteiger partial charge in [0.25, 0.3) is 0 Å². The van der Waals surface area contributed by atoms with Crippen LogP contribution in [-0.2, 0) is 0 Å². The van der Waals surface area contributed by atoms with E-state index in [1.54, 1.807) is 0 Å². The van der Waals surface area contributed by atoms with E-state index in [9.17, 15) is 0 Å². The van der Waals surface area contributed by atoms with Crippen molar-refractivity contribution < 1.29 is 0 Å². The molecule has 2 atom stereocenters. The fourth-order valence-electron chi connectivity index (χ4n) is 2.86. The minimum atomic E-state index is 0.797. The van der Waals surface area contributed by atoms with Gasteiger partial charge in [0, 0.05) is 17.8 Å². The van der Waals surface area contributed by atoms with E-state index in [1.807, 2.05) is 0 Å². The lowest BCUT2D eigenvalue weighted by Crippen LogP contribution is -2.39. The van der Waals surface area contributed by atoms with Crippen LogP contribution >= 0.6 is 11.8 Å². The van der Waals surface area contributed by atoms with E-state index in [4.69, 9.17) is 0 Å². The van der Waals surface area contributed by atoms with Crippen LogP contribution in [0.3, 0.4) is 0 Å². The predicted octanol–water partition coefficient (Wildman–Crippen LogP) is 2.35. The number of hydrogen-bond donors (Lipinski definition) is 1. The van der Waals surface area contributed by atoms with Gasteiger partial charge in [-0.15, -0.1) is 0 Å². The Kier molecular flexibility index (Phi) is 5.46. The molecule has 0 bridgehead atoms. The van der Waals surface area contributed by atoms with Crippen LogP contribution in [0.4, 0.5) is 0 Å². The Morgan fingerprint density at radius 1 is 1.19 bits per heavy atom. The van der Waals surface area contributed by atoms with Gasteiger partial charge in [0.15, 0.2) is 0 Å². The monoisotopic (exact) mass is 242 g/mol. The van der Waals surface area contributed by atoms with Gasteiger partial charge in [0.2, 0.25) is 0 Å². The first kappa shape index (κ1) is 12.7. The first-order chi connectivity index (χ1) is 7.88. The molecule has 2 unspecified atom stereocenters. The summed E-state index contributed by atoms with van der Waals surface area (Å²) in [6, 6.07) is 1.61. The van der Waals surface area contributed by atoms with Gasteiger partial charge in [-0.05, 0) is 57.5 Å². The first-order valence-corrected chi connectivity index (χ1v) is 8.10. The third-order valence-corrected chi connectivity index (χ3v) is 4.92. The van der Waals surface area contributed by atoms with Crippen molar-refractivity contribution in [3.05, 3.63) is 0 Å². The van der Waals surface area contributed by atoms with Crippen molar-refractivity contribution in [3.8, 4) is 0 Å². The molecule has 2 rings (SSSR count). The zero-order valence-electron chi connectivity index (χ0n) is 10.6. The van der Waals surface area contributed by atoms with Gasteiger partial charge in [0.1, 0.15) is 0 Å². The maximum Gasteiger partial charge on any atom is 0.0168 e. The van der Waals surface area contributed by atoms with Crippen LogP contribution < -0.4 is 5.32 Å². The Balaban J connectivity index is 1.70. The molecule has 3 heteroatoms. The van der Waals surface area contributed by atoms with Crippen LogP contribution in [0, 0.1) is 0 Å². The number of likely N-dealkylation sites (tertiary alicyclic amines) is 1. The second kappa shape index (κ2) is 6.87. The molecule has 0 aromatic carbocycles. The Labute approximate surface area is 105 Å². The summed E-state index contributed by atoms with van der Waals surface area (Å²) in [7, 11) is 0. The van der Waals surface area contributed by atoms with Crippen molar-refractivity contribution in [3.63, 3.8) is 0 Å². The van der Waals surface area contributed by atoms with Gasteiger partial charge in [-0.3, -0.25) is 0 Å². The summed E-state index contributed by atoms with van der Waals surface area (Å²) in [5.41, 5.74) is 0. The van der Waals surface area contributed by atoms with Crippen molar-refractivity contribution in [2.45, 2.75) is 51.1 Å². The lowest BCUT2D eigenvalue weighted by molar-refractivity contribution is 0.281. The predicted molar refractivity (Wildman–Crippen MR) is 73.2 cm³/mol. The van der Waals surface area contributed by atoms with E-state index in [0.29, 0.717) is 0 Å². The van der Waals surface area contributed by atoms with Crippen molar-refractivity contribution in [2.75, 3.05) is 31.1 Å². The smallest absolute Gasteiger partial charge is 0.0168 e. The molecule has 2 aliphatic heterocycles. The lowest BCUT2D eigenvalue weighted by Gasteiger charge is -2.22. The van der Waals surface area contributed by atoms with E-state index in [2.05, 4.69) is 28.9 Å². The molecular formula is C13H26N2S. The number of hydrogen-bond acceptors (Lipinski definition) is 3. The molecule has 16 heavy (non-hydrogen) atoms. The van der Waals surface area contributed by atoms with E-state index in [1.165, 1.54) is 63.2 Å². The van der Waals surface area contributed by atoms with Crippen LogP contribution in [0.15, 0.2) is 0 Å². The summed E-state index contributed by atoms with van der Waals surface area (Å²) in [5, 5.41) is 3.87. The van der Waals surface area contributed by atoms with Crippen molar-refractivity contribution in [1.29, 1.82) is 0 Å². The minimum Gasteiger partial charge on any atom is -0.310 e. The van der Waals surface area contributed by atoms with E-state index >= 15 is 0 Å². The van der Waals surface area contributed by atoms with Gasteiger partial charge in [-0.2, -0.15) is 11.8 Å². The molecule has 94 valence electrons. The van der Waals surface area contributed by atoms with Gasteiger partial charge in [-0.25, -0.2) is 0 Å². The van der Waals surface area contributed by atoms with Crippen LogP contribution in [-0.4, -0.2) is 48.1 Å². The molecule has 0 aromatic heterocycles. The second-order valence-corrected chi connectivity index (χ2v) is 6.35. The zero-order chi connectivity index (χ0) is 11.2. The largest absolute Gasteiger partial charge is 0.310 e. The first-order valence-electron chi connectivity index (χ1n) is 6.94. The fraction of sp³-hybridized carbons (Fsp3) is 1.00. The molecule has 0 radical (unpaired) electrons. The molecule has 0 aliphatic carbocycles. The average Bonchev–Trinajstić information content (AvgIpc) is 2.68. The highest BCUT2D eigenvalue weighted by Gasteiger charge is 2.21. The maximum atomic E-state index is 3.87. The summed E-state index contributed by atoms with van der Waals surface area (Å²) < 4.78 is 0. The van der Waals surface area contributed by atoms with Crippen molar-refractivity contribution in [2.24, 2.45) is 0 Å². The van der Waals surface area contributed by atoms with Crippen LogP contribution in [0.2, 0.25) is 0 Å². The Morgan fingerprint density at radius 3 is 2.88 bits per heavy atom. The van der Waals surface area contributed by atoms with Crippen molar-refractivity contribution >= 4 is 11.8 Å². The van der Waals surface area contributed by atoms with Crippen LogP contribution in [0.25, 0.3) is 0 Å². The molecular weight excluding hydrogens is 216 g/mol. The summed E-state index contributed by atoms with van der Waals surface area (Å²) in [5.74, 6) is 2.71. The van der Waals surface area contributed by atoms with Gasteiger partial charge >= 0.3 is 0 Å². The molecule has 1 N–H and O–H groups in total. The summed E-state index contributed by atoms with van der Waals surface area (Å²) in [6.45, 7) is 6.22. The van der Waals surface area contributed by atoms with Crippen molar-refractivity contribution in [1.82, 2.24) is 10.2 Å². The minimum absolute atomic E-state index is 0.797. The van der Waals surface area contributed by atoms with E-state index in [-0.39, 0.29) is 0 Å².